The van der Waals surface area contributed by atoms with Gasteiger partial charge in [0.15, 0.2) is 0 Å². The van der Waals surface area contributed by atoms with E-state index in [0.29, 0.717) is 22.7 Å². The van der Waals surface area contributed by atoms with Gasteiger partial charge in [-0.2, -0.15) is 0 Å². The maximum Gasteiger partial charge on any atom is 0.265 e. The SMILES string of the molecule is CCCC(=O)Nc1cccc(NC(=O)c2cccs2)c1. The molecule has 0 atom stereocenters. The summed E-state index contributed by atoms with van der Waals surface area (Å²) in [6.07, 6.45) is 1.30. The Balaban J connectivity index is 2.02. The first-order valence-electron chi connectivity index (χ1n) is 6.44. The van der Waals surface area contributed by atoms with E-state index in [2.05, 4.69) is 10.6 Å². The molecule has 2 rings (SSSR count). The number of carbonyl (C=O) groups excluding carboxylic acids is 2. The van der Waals surface area contributed by atoms with E-state index in [1.165, 1.54) is 11.3 Å². The average molecular weight is 288 g/mol. The summed E-state index contributed by atoms with van der Waals surface area (Å²) in [5, 5.41) is 7.47. The minimum atomic E-state index is -0.142. The largest absolute Gasteiger partial charge is 0.326 e. The van der Waals surface area contributed by atoms with Gasteiger partial charge >= 0.3 is 0 Å². The van der Waals surface area contributed by atoms with E-state index in [1.807, 2.05) is 18.4 Å². The molecule has 4 nitrogen and oxygen atoms in total. The fourth-order valence-corrected chi connectivity index (χ4v) is 2.34. The molecule has 0 unspecified atom stereocenters. The predicted molar refractivity (Wildman–Crippen MR) is 82.3 cm³/mol. The number of carbonyl (C=O) groups is 2. The third-order valence-electron chi connectivity index (χ3n) is 2.63. The van der Waals surface area contributed by atoms with Crippen molar-refractivity contribution < 1.29 is 9.59 Å². The first-order chi connectivity index (χ1) is 9.69. The van der Waals surface area contributed by atoms with E-state index in [1.54, 1.807) is 30.3 Å². The van der Waals surface area contributed by atoms with Crippen molar-refractivity contribution in [2.75, 3.05) is 10.6 Å². The predicted octanol–water partition coefficient (Wildman–Crippen LogP) is 3.74. The Morgan fingerprint density at radius 1 is 1.10 bits per heavy atom. The molecule has 1 aromatic carbocycles. The van der Waals surface area contributed by atoms with Crippen molar-refractivity contribution in [2.24, 2.45) is 0 Å². The van der Waals surface area contributed by atoms with Crippen LogP contribution in [0.4, 0.5) is 11.4 Å². The van der Waals surface area contributed by atoms with Gasteiger partial charge < -0.3 is 10.6 Å². The van der Waals surface area contributed by atoms with Gasteiger partial charge in [-0.15, -0.1) is 11.3 Å². The van der Waals surface area contributed by atoms with Crippen LogP contribution in [0.25, 0.3) is 0 Å². The molecule has 5 heteroatoms. The Morgan fingerprint density at radius 3 is 2.50 bits per heavy atom. The molecule has 20 heavy (non-hydrogen) atoms. The molecular weight excluding hydrogens is 272 g/mol. The molecule has 0 bridgehead atoms. The van der Waals surface area contributed by atoms with Crippen molar-refractivity contribution in [1.82, 2.24) is 0 Å². The molecule has 104 valence electrons. The lowest BCUT2D eigenvalue weighted by Crippen LogP contribution is -2.12. The quantitative estimate of drug-likeness (QED) is 0.880. The molecule has 1 aromatic heterocycles. The lowest BCUT2D eigenvalue weighted by Gasteiger charge is -2.08. The van der Waals surface area contributed by atoms with Crippen LogP contribution in [0, 0.1) is 0 Å². The monoisotopic (exact) mass is 288 g/mol. The smallest absolute Gasteiger partial charge is 0.265 e. The van der Waals surface area contributed by atoms with Crippen LogP contribution in [-0.4, -0.2) is 11.8 Å². The molecule has 0 aliphatic carbocycles. The zero-order valence-electron chi connectivity index (χ0n) is 11.2. The van der Waals surface area contributed by atoms with Crippen LogP contribution in [0.2, 0.25) is 0 Å². The van der Waals surface area contributed by atoms with Gasteiger partial charge in [0, 0.05) is 17.8 Å². The number of anilines is 2. The van der Waals surface area contributed by atoms with Crippen LogP contribution in [0.15, 0.2) is 41.8 Å². The molecular formula is C15H16N2O2S. The number of amides is 2. The molecule has 0 aliphatic heterocycles. The Hall–Kier alpha value is -2.14. The van der Waals surface area contributed by atoms with E-state index >= 15 is 0 Å². The Kier molecular flexibility index (Phi) is 4.90. The van der Waals surface area contributed by atoms with Crippen LogP contribution in [-0.2, 0) is 4.79 Å². The Labute approximate surface area is 121 Å². The molecule has 1 heterocycles. The summed E-state index contributed by atoms with van der Waals surface area (Å²) in [5.41, 5.74) is 1.35. The molecule has 2 aromatic rings. The van der Waals surface area contributed by atoms with E-state index < -0.39 is 0 Å². The van der Waals surface area contributed by atoms with E-state index in [9.17, 15) is 9.59 Å². The summed E-state index contributed by atoms with van der Waals surface area (Å²) in [6.45, 7) is 1.96. The second-order valence-corrected chi connectivity index (χ2v) is 5.26. The molecule has 0 radical (unpaired) electrons. The number of benzene rings is 1. The number of rotatable bonds is 5. The fraction of sp³-hybridized carbons (Fsp3) is 0.200. The highest BCUT2D eigenvalue weighted by molar-refractivity contribution is 7.12. The van der Waals surface area contributed by atoms with Crippen molar-refractivity contribution >= 4 is 34.5 Å². The average Bonchev–Trinajstić information content (AvgIpc) is 2.93. The number of hydrogen-bond acceptors (Lipinski definition) is 3. The summed E-state index contributed by atoms with van der Waals surface area (Å²) in [7, 11) is 0. The molecule has 0 spiro atoms. The number of nitrogens with one attached hydrogen (secondary N) is 2. The minimum absolute atomic E-state index is 0.0192. The van der Waals surface area contributed by atoms with E-state index in [-0.39, 0.29) is 11.8 Å². The van der Waals surface area contributed by atoms with Gasteiger partial charge in [-0.25, -0.2) is 0 Å². The van der Waals surface area contributed by atoms with Gasteiger partial charge in [-0.05, 0) is 36.1 Å². The van der Waals surface area contributed by atoms with E-state index in [4.69, 9.17) is 0 Å². The molecule has 2 amide bonds. The lowest BCUT2D eigenvalue weighted by molar-refractivity contribution is -0.116. The van der Waals surface area contributed by atoms with Crippen LogP contribution in [0.3, 0.4) is 0 Å². The zero-order chi connectivity index (χ0) is 14.4. The van der Waals surface area contributed by atoms with Crippen LogP contribution < -0.4 is 10.6 Å². The topological polar surface area (TPSA) is 58.2 Å². The van der Waals surface area contributed by atoms with Crippen molar-refractivity contribution in [3.05, 3.63) is 46.7 Å². The molecule has 0 fully saturated rings. The van der Waals surface area contributed by atoms with Gasteiger partial charge in [0.2, 0.25) is 5.91 Å². The minimum Gasteiger partial charge on any atom is -0.326 e. The Bertz CT molecular complexity index is 594. The first kappa shape index (κ1) is 14.3. The molecule has 0 saturated carbocycles. The lowest BCUT2D eigenvalue weighted by atomic mass is 10.2. The second kappa shape index (κ2) is 6.86. The summed E-state index contributed by atoms with van der Waals surface area (Å²) >= 11 is 1.39. The van der Waals surface area contributed by atoms with Gasteiger partial charge in [0.25, 0.3) is 5.91 Å². The Morgan fingerprint density at radius 2 is 1.85 bits per heavy atom. The van der Waals surface area contributed by atoms with E-state index in [0.717, 1.165) is 6.42 Å². The zero-order valence-corrected chi connectivity index (χ0v) is 12.0. The molecule has 2 N–H and O–H groups in total. The van der Waals surface area contributed by atoms with Gasteiger partial charge in [0.1, 0.15) is 0 Å². The molecule has 0 saturated heterocycles. The highest BCUT2D eigenvalue weighted by Crippen LogP contribution is 2.17. The highest BCUT2D eigenvalue weighted by atomic mass is 32.1. The van der Waals surface area contributed by atoms with Crippen molar-refractivity contribution in [1.29, 1.82) is 0 Å². The maximum absolute atomic E-state index is 11.9. The number of thiophene rings is 1. The second-order valence-electron chi connectivity index (χ2n) is 4.31. The summed E-state index contributed by atoms with van der Waals surface area (Å²) in [6, 6.07) is 10.7. The van der Waals surface area contributed by atoms with Crippen molar-refractivity contribution in [3.63, 3.8) is 0 Å². The van der Waals surface area contributed by atoms with Crippen LogP contribution in [0.1, 0.15) is 29.4 Å². The van der Waals surface area contributed by atoms with Gasteiger partial charge in [-0.3, -0.25) is 9.59 Å². The first-order valence-corrected chi connectivity index (χ1v) is 7.32. The van der Waals surface area contributed by atoms with Gasteiger partial charge in [-0.1, -0.05) is 19.1 Å². The molecule has 0 aliphatic rings. The maximum atomic E-state index is 11.9. The fourth-order valence-electron chi connectivity index (χ4n) is 1.73. The summed E-state index contributed by atoms with van der Waals surface area (Å²) in [5.74, 6) is -0.161. The van der Waals surface area contributed by atoms with Crippen molar-refractivity contribution in [3.8, 4) is 0 Å². The van der Waals surface area contributed by atoms with Crippen molar-refractivity contribution in [2.45, 2.75) is 19.8 Å². The third-order valence-corrected chi connectivity index (χ3v) is 3.49. The van der Waals surface area contributed by atoms with Crippen LogP contribution in [0.5, 0.6) is 0 Å². The number of hydrogen-bond donors (Lipinski definition) is 2. The summed E-state index contributed by atoms with van der Waals surface area (Å²) < 4.78 is 0. The standard InChI is InChI=1S/C15H16N2O2S/c1-2-5-14(18)16-11-6-3-7-12(10-11)17-15(19)13-8-4-9-20-13/h3-4,6-10H,2,5H2,1H3,(H,16,18)(H,17,19). The normalized spacial score (nSPS) is 10.1. The van der Waals surface area contributed by atoms with Crippen LogP contribution >= 0.6 is 11.3 Å². The summed E-state index contributed by atoms with van der Waals surface area (Å²) in [4.78, 5) is 24.1. The van der Waals surface area contributed by atoms with Gasteiger partial charge in [0.05, 0.1) is 4.88 Å². The third kappa shape index (κ3) is 3.93. The highest BCUT2D eigenvalue weighted by Gasteiger charge is 2.07.